The molecule has 3 nitrogen and oxygen atoms in total. The molecule has 3 heteroatoms. The Morgan fingerprint density at radius 2 is 1.80 bits per heavy atom. The Labute approximate surface area is 123 Å². The van der Waals surface area contributed by atoms with Crippen LogP contribution in [0.1, 0.15) is 50.3 Å². The van der Waals surface area contributed by atoms with Gasteiger partial charge in [-0.05, 0) is 62.5 Å². The molecule has 0 saturated carbocycles. The van der Waals surface area contributed by atoms with E-state index in [1.165, 1.54) is 0 Å². The van der Waals surface area contributed by atoms with Crippen LogP contribution in [0.15, 0.2) is 18.2 Å². The molecule has 1 N–H and O–H groups in total. The molecule has 0 aliphatic heterocycles. The molecule has 1 atom stereocenters. The normalized spacial score (nSPS) is 12.7. The number of methoxy groups -OCH3 is 1. The molecule has 0 fully saturated rings. The molecule has 0 aliphatic rings. The van der Waals surface area contributed by atoms with E-state index >= 15 is 0 Å². The Balaban J connectivity index is 2.59. The Morgan fingerprint density at radius 1 is 1.15 bits per heavy atom. The van der Waals surface area contributed by atoms with E-state index in [-0.39, 0.29) is 0 Å². The first kappa shape index (κ1) is 17.0. The summed E-state index contributed by atoms with van der Waals surface area (Å²) < 4.78 is 5.20. The van der Waals surface area contributed by atoms with Gasteiger partial charge in [-0.25, -0.2) is 0 Å². The zero-order chi connectivity index (χ0) is 15.0. The predicted octanol–water partition coefficient (Wildman–Crippen LogP) is 3.55. The second-order valence-electron chi connectivity index (χ2n) is 5.37. The molecule has 20 heavy (non-hydrogen) atoms. The quantitative estimate of drug-likeness (QED) is 0.750. The summed E-state index contributed by atoms with van der Waals surface area (Å²) in [5.41, 5.74) is 2.10. The molecule has 1 unspecified atom stereocenters. The van der Waals surface area contributed by atoms with Gasteiger partial charge >= 0.3 is 0 Å². The van der Waals surface area contributed by atoms with Crippen molar-refractivity contribution in [2.24, 2.45) is 0 Å². The molecule has 0 saturated heterocycles. The van der Waals surface area contributed by atoms with Crippen LogP contribution in [0.2, 0.25) is 0 Å². The predicted molar refractivity (Wildman–Crippen MR) is 84.3 cm³/mol. The third kappa shape index (κ3) is 5.14. The van der Waals surface area contributed by atoms with E-state index < -0.39 is 6.10 Å². The van der Waals surface area contributed by atoms with Crippen LogP contribution in [0.25, 0.3) is 0 Å². The minimum atomic E-state index is -0.392. The second-order valence-corrected chi connectivity index (χ2v) is 5.37. The zero-order valence-corrected chi connectivity index (χ0v) is 13.4. The summed E-state index contributed by atoms with van der Waals surface area (Å²) in [5, 5.41) is 10.4. The van der Waals surface area contributed by atoms with E-state index in [1.807, 2.05) is 25.1 Å². The van der Waals surface area contributed by atoms with Gasteiger partial charge < -0.3 is 14.7 Å². The lowest BCUT2D eigenvalue weighted by molar-refractivity contribution is 0.141. The first-order chi connectivity index (χ1) is 9.62. The van der Waals surface area contributed by atoms with Gasteiger partial charge in [0.1, 0.15) is 5.75 Å². The molecule has 1 aromatic rings. The van der Waals surface area contributed by atoms with Crippen LogP contribution < -0.4 is 4.74 Å². The smallest absolute Gasteiger partial charge is 0.119 e. The van der Waals surface area contributed by atoms with Crippen molar-refractivity contribution >= 4 is 0 Å². The topological polar surface area (TPSA) is 32.7 Å². The first-order valence-electron chi connectivity index (χ1n) is 7.67. The molecule has 0 bridgehead atoms. The number of hydrogen-bond donors (Lipinski definition) is 1. The van der Waals surface area contributed by atoms with Crippen LogP contribution in [-0.2, 0) is 0 Å². The summed E-state index contributed by atoms with van der Waals surface area (Å²) in [5.74, 6) is 0.844. The van der Waals surface area contributed by atoms with Gasteiger partial charge in [0, 0.05) is 6.54 Å². The van der Waals surface area contributed by atoms with Crippen molar-refractivity contribution in [3.8, 4) is 5.75 Å². The number of aryl methyl sites for hydroxylation is 1. The van der Waals surface area contributed by atoms with Gasteiger partial charge in [-0.2, -0.15) is 0 Å². The Kier molecular flexibility index (Phi) is 7.63. The fraction of sp³-hybridized carbons (Fsp3) is 0.647. The minimum Gasteiger partial charge on any atom is -0.497 e. The van der Waals surface area contributed by atoms with Crippen molar-refractivity contribution in [2.75, 3.05) is 26.7 Å². The molecule has 0 heterocycles. The molecule has 0 aliphatic carbocycles. The van der Waals surface area contributed by atoms with Crippen molar-refractivity contribution in [2.45, 2.75) is 46.1 Å². The van der Waals surface area contributed by atoms with Crippen molar-refractivity contribution < 1.29 is 9.84 Å². The van der Waals surface area contributed by atoms with E-state index in [0.29, 0.717) is 0 Å². The summed E-state index contributed by atoms with van der Waals surface area (Å²) in [7, 11) is 1.66. The van der Waals surface area contributed by atoms with Crippen LogP contribution in [0.3, 0.4) is 0 Å². The lowest BCUT2D eigenvalue weighted by Gasteiger charge is -2.23. The largest absolute Gasteiger partial charge is 0.497 e. The number of ether oxygens (including phenoxy) is 1. The van der Waals surface area contributed by atoms with Crippen LogP contribution in [0.5, 0.6) is 5.75 Å². The summed E-state index contributed by atoms with van der Waals surface area (Å²) >= 11 is 0. The maximum absolute atomic E-state index is 10.4. The minimum absolute atomic E-state index is 0.392. The van der Waals surface area contributed by atoms with Gasteiger partial charge in [-0.3, -0.25) is 0 Å². The maximum Gasteiger partial charge on any atom is 0.119 e. The third-order valence-corrected chi connectivity index (χ3v) is 3.63. The number of rotatable bonds is 9. The summed E-state index contributed by atoms with van der Waals surface area (Å²) in [6.45, 7) is 9.61. The van der Waals surface area contributed by atoms with E-state index in [4.69, 9.17) is 4.74 Å². The highest BCUT2D eigenvalue weighted by molar-refractivity contribution is 5.35. The van der Waals surface area contributed by atoms with Gasteiger partial charge in [0.05, 0.1) is 13.2 Å². The highest BCUT2D eigenvalue weighted by atomic mass is 16.5. The summed E-state index contributed by atoms with van der Waals surface area (Å²) in [4.78, 5) is 2.43. The van der Waals surface area contributed by atoms with Crippen LogP contribution in [-0.4, -0.2) is 36.8 Å². The highest BCUT2D eigenvalue weighted by Gasteiger charge is 2.13. The molecular weight excluding hydrogens is 250 g/mol. The standard InChI is InChI=1S/C17H29NO2/c1-5-10-18(11-6-2)12-9-17(19)16-8-7-15(20-4)13-14(16)3/h7-8,13,17,19H,5-6,9-12H2,1-4H3. The maximum atomic E-state index is 10.4. The zero-order valence-electron chi connectivity index (χ0n) is 13.4. The average Bonchev–Trinajstić information content (AvgIpc) is 2.44. The van der Waals surface area contributed by atoms with Gasteiger partial charge in [-0.15, -0.1) is 0 Å². The fourth-order valence-corrected chi connectivity index (χ4v) is 2.58. The molecular formula is C17H29NO2. The molecule has 0 spiro atoms. The number of hydrogen-bond acceptors (Lipinski definition) is 3. The van der Waals surface area contributed by atoms with Crippen molar-refractivity contribution in [3.63, 3.8) is 0 Å². The average molecular weight is 279 g/mol. The second kappa shape index (κ2) is 8.98. The van der Waals surface area contributed by atoms with Gasteiger partial charge in [0.2, 0.25) is 0 Å². The van der Waals surface area contributed by atoms with E-state index in [2.05, 4.69) is 18.7 Å². The van der Waals surface area contributed by atoms with Crippen molar-refractivity contribution in [1.29, 1.82) is 0 Å². The number of aliphatic hydroxyl groups excluding tert-OH is 1. The lowest BCUT2D eigenvalue weighted by Crippen LogP contribution is -2.27. The highest BCUT2D eigenvalue weighted by Crippen LogP contribution is 2.24. The number of nitrogens with zero attached hydrogens (tertiary/aromatic N) is 1. The van der Waals surface area contributed by atoms with Gasteiger partial charge in [-0.1, -0.05) is 19.9 Å². The molecule has 1 aromatic carbocycles. The molecule has 0 amide bonds. The van der Waals surface area contributed by atoms with Gasteiger partial charge in [0.15, 0.2) is 0 Å². The van der Waals surface area contributed by atoms with Crippen molar-refractivity contribution in [1.82, 2.24) is 4.90 Å². The third-order valence-electron chi connectivity index (χ3n) is 3.63. The van der Waals surface area contributed by atoms with Crippen LogP contribution in [0.4, 0.5) is 0 Å². The molecule has 114 valence electrons. The first-order valence-corrected chi connectivity index (χ1v) is 7.67. The van der Waals surface area contributed by atoms with E-state index in [0.717, 1.165) is 55.8 Å². The molecule has 0 aromatic heterocycles. The SMILES string of the molecule is CCCN(CCC)CCC(O)c1ccc(OC)cc1C. The Morgan fingerprint density at radius 3 is 2.30 bits per heavy atom. The Hall–Kier alpha value is -1.06. The summed E-state index contributed by atoms with van der Waals surface area (Å²) in [6.07, 6.45) is 2.72. The number of benzene rings is 1. The molecule has 1 rings (SSSR count). The van der Waals surface area contributed by atoms with Crippen molar-refractivity contribution in [3.05, 3.63) is 29.3 Å². The van der Waals surface area contributed by atoms with E-state index in [1.54, 1.807) is 7.11 Å². The van der Waals surface area contributed by atoms with Gasteiger partial charge in [0.25, 0.3) is 0 Å². The molecule has 0 radical (unpaired) electrons. The van der Waals surface area contributed by atoms with Crippen LogP contribution in [0, 0.1) is 6.92 Å². The summed E-state index contributed by atoms with van der Waals surface area (Å²) in [6, 6.07) is 5.87. The van der Waals surface area contributed by atoms with E-state index in [9.17, 15) is 5.11 Å². The monoisotopic (exact) mass is 279 g/mol. The Bertz CT molecular complexity index is 387. The fourth-order valence-electron chi connectivity index (χ4n) is 2.58. The lowest BCUT2D eigenvalue weighted by atomic mass is 10.0. The number of aliphatic hydroxyl groups is 1. The van der Waals surface area contributed by atoms with Crippen LogP contribution >= 0.6 is 0 Å².